The number of carbonyl (C=O) groups excluding carboxylic acids is 2. The van der Waals surface area contributed by atoms with Gasteiger partial charge in [-0.15, -0.1) is 0 Å². The van der Waals surface area contributed by atoms with Crippen LogP contribution in [-0.2, 0) is 19.2 Å². The summed E-state index contributed by atoms with van der Waals surface area (Å²) < 4.78 is 0. The molecule has 0 heterocycles. The number of aliphatic carboxylic acids is 2. The Bertz CT molecular complexity index is 509. The van der Waals surface area contributed by atoms with E-state index in [2.05, 4.69) is 10.6 Å². The van der Waals surface area contributed by atoms with E-state index in [9.17, 15) is 24.3 Å². The number of hydrogen-bond donors (Lipinski definition) is 5. The van der Waals surface area contributed by atoms with E-state index in [1.165, 1.54) is 0 Å². The van der Waals surface area contributed by atoms with Crippen molar-refractivity contribution in [3.8, 4) is 0 Å². The molecule has 2 amide bonds. The molecule has 0 aliphatic carbocycles. The summed E-state index contributed by atoms with van der Waals surface area (Å²) in [5, 5.41) is 22.9. The molecule has 0 rings (SSSR count). The Morgan fingerprint density at radius 1 is 1.00 bits per heavy atom. The van der Waals surface area contributed by atoms with E-state index >= 15 is 0 Å². The highest BCUT2D eigenvalue weighted by atomic mass is 16.4. The van der Waals surface area contributed by atoms with Crippen molar-refractivity contribution in [2.45, 2.75) is 71.5 Å². The van der Waals surface area contributed by atoms with Crippen LogP contribution in [-0.4, -0.2) is 52.1 Å². The summed E-state index contributed by atoms with van der Waals surface area (Å²) in [7, 11) is 0. The predicted molar refractivity (Wildman–Crippen MR) is 95.3 cm³/mol. The maximum atomic E-state index is 12.5. The molecule has 4 atom stereocenters. The van der Waals surface area contributed by atoms with E-state index in [4.69, 9.17) is 10.8 Å². The smallest absolute Gasteiger partial charge is 0.326 e. The summed E-state index contributed by atoms with van der Waals surface area (Å²) in [5.41, 5.74) is 5.67. The third kappa shape index (κ3) is 8.80. The average molecular weight is 373 g/mol. The minimum atomic E-state index is -1.14. The summed E-state index contributed by atoms with van der Waals surface area (Å²) in [6, 6.07) is -3.06. The lowest BCUT2D eigenvalue weighted by molar-refractivity contribution is -0.143. The Hall–Kier alpha value is -2.16. The van der Waals surface area contributed by atoms with Gasteiger partial charge in [-0.2, -0.15) is 0 Å². The monoisotopic (exact) mass is 373 g/mol. The van der Waals surface area contributed by atoms with Crippen molar-refractivity contribution in [1.29, 1.82) is 0 Å². The molecule has 150 valence electrons. The van der Waals surface area contributed by atoms with Gasteiger partial charge < -0.3 is 26.6 Å². The zero-order valence-corrected chi connectivity index (χ0v) is 15.8. The summed E-state index contributed by atoms with van der Waals surface area (Å²) in [5.74, 6) is -3.62. The van der Waals surface area contributed by atoms with Crippen LogP contribution in [0.5, 0.6) is 0 Å². The second-order valence-electron chi connectivity index (χ2n) is 6.94. The third-order valence-electron chi connectivity index (χ3n) is 4.12. The van der Waals surface area contributed by atoms with Crippen LogP contribution < -0.4 is 16.4 Å². The van der Waals surface area contributed by atoms with Crippen molar-refractivity contribution in [2.75, 3.05) is 0 Å². The Morgan fingerprint density at radius 2 is 1.58 bits per heavy atom. The fourth-order valence-electron chi connectivity index (χ4n) is 2.33. The molecule has 6 N–H and O–H groups in total. The SMILES string of the molecule is CCC(C)C(NC(=O)C(N)CCC(=O)O)C(=O)NC(CC(C)C)C(=O)O. The fourth-order valence-corrected chi connectivity index (χ4v) is 2.33. The first-order valence-electron chi connectivity index (χ1n) is 8.80. The first-order valence-corrected chi connectivity index (χ1v) is 8.80. The van der Waals surface area contributed by atoms with Crippen LogP contribution in [0.15, 0.2) is 0 Å². The molecule has 0 spiro atoms. The van der Waals surface area contributed by atoms with Crippen molar-refractivity contribution in [1.82, 2.24) is 10.6 Å². The summed E-state index contributed by atoms with van der Waals surface area (Å²) in [4.78, 5) is 46.6. The van der Waals surface area contributed by atoms with Crippen LogP contribution in [0.25, 0.3) is 0 Å². The Kier molecular flexibility index (Phi) is 10.5. The van der Waals surface area contributed by atoms with Crippen molar-refractivity contribution in [3.05, 3.63) is 0 Å². The first-order chi connectivity index (χ1) is 12.0. The van der Waals surface area contributed by atoms with Crippen LogP contribution in [0.3, 0.4) is 0 Å². The second kappa shape index (κ2) is 11.5. The Balaban J connectivity index is 5.06. The molecule has 0 bridgehead atoms. The van der Waals surface area contributed by atoms with Crippen LogP contribution >= 0.6 is 0 Å². The molecule has 9 nitrogen and oxygen atoms in total. The Morgan fingerprint density at radius 3 is 2.00 bits per heavy atom. The van der Waals surface area contributed by atoms with Crippen molar-refractivity contribution < 1.29 is 29.4 Å². The van der Waals surface area contributed by atoms with Gasteiger partial charge in [0.15, 0.2) is 0 Å². The van der Waals surface area contributed by atoms with E-state index in [0.29, 0.717) is 6.42 Å². The highest BCUT2D eigenvalue weighted by Crippen LogP contribution is 2.11. The first kappa shape index (κ1) is 23.8. The fraction of sp³-hybridized carbons (Fsp3) is 0.765. The quantitative estimate of drug-likeness (QED) is 0.329. The summed E-state index contributed by atoms with van der Waals surface area (Å²) in [6.45, 7) is 7.28. The zero-order valence-electron chi connectivity index (χ0n) is 15.8. The summed E-state index contributed by atoms with van der Waals surface area (Å²) in [6.07, 6.45) is 0.524. The van der Waals surface area contributed by atoms with E-state index < -0.39 is 41.9 Å². The van der Waals surface area contributed by atoms with Crippen molar-refractivity contribution in [3.63, 3.8) is 0 Å². The molecule has 0 saturated heterocycles. The van der Waals surface area contributed by atoms with Crippen LogP contribution in [0.2, 0.25) is 0 Å². The standard InChI is InChI=1S/C17H31N3O6/c1-5-10(4)14(20-15(23)11(18)6-7-13(21)22)16(24)19-12(17(25)26)8-9(2)3/h9-12,14H,5-8,18H2,1-4H3,(H,19,24)(H,20,23)(H,21,22)(H,25,26). The number of hydrogen-bond acceptors (Lipinski definition) is 5. The van der Waals surface area contributed by atoms with E-state index in [0.717, 1.165) is 0 Å². The van der Waals surface area contributed by atoms with Crippen LogP contribution in [0.1, 0.15) is 53.4 Å². The molecule has 0 aromatic rings. The molecular formula is C17H31N3O6. The highest BCUT2D eigenvalue weighted by Gasteiger charge is 2.31. The molecule has 0 fully saturated rings. The molecule has 9 heteroatoms. The number of nitrogens with two attached hydrogens (primary N) is 1. The van der Waals surface area contributed by atoms with E-state index in [-0.39, 0.29) is 31.1 Å². The van der Waals surface area contributed by atoms with Gasteiger partial charge in [0.2, 0.25) is 11.8 Å². The lowest BCUT2D eigenvalue weighted by atomic mass is 9.96. The Labute approximate surface area is 153 Å². The predicted octanol–water partition coefficient (Wildman–Crippen LogP) is 0.325. The van der Waals surface area contributed by atoms with Gasteiger partial charge in [0.25, 0.3) is 0 Å². The van der Waals surface area contributed by atoms with Crippen LogP contribution in [0.4, 0.5) is 0 Å². The molecule has 0 saturated carbocycles. The number of amides is 2. The van der Waals surface area contributed by atoms with Crippen molar-refractivity contribution in [2.24, 2.45) is 17.6 Å². The minimum Gasteiger partial charge on any atom is -0.481 e. The molecule has 0 aliphatic rings. The molecule has 26 heavy (non-hydrogen) atoms. The normalized spacial score (nSPS) is 15.6. The lowest BCUT2D eigenvalue weighted by Gasteiger charge is -2.27. The van der Waals surface area contributed by atoms with Gasteiger partial charge in [-0.1, -0.05) is 34.1 Å². The van der Waals surface area contributed by atoms with E-state index in [1.807, 2.05) is 20.8 Å². The lowest BCUT2D eigenvalue weighted by Crippen LogP contribution is -2.56. The van der Waals surface area contributed by atoms with Crippen molar-refractivity contribution >= 4 is 23.8 Å². The topological polar surface area (TPSA) is 159 Å². The highest BCUT2D eigenvalue weighted by molar-refractivity contribution is 5.92. The van der Waals surface area contributed by atoms with Crippen LogP contribution in [0, 0.1) is 11.8 Å². The molecule has 0 aromatic heterocycles. The molecule has 4 unspecified atom stereocenters. The maximum Gasteiger partial charge on any atom is 0.326 e. The van der Waals surface area contributed by atoms with Gasteiger partial charge in [0.05, 0.1) is 6.04 Å². The molecular weight excluding hydrogens is 342 g/mol. The molecule has 0 radical (unpaired) electrons. The number of nitrogens with one attached hydrogen (secondary N) is 2. The third-order valence-corrected chi connectivity index (χ3v) is 4.12. The van der Waals surface area contributed by atoms with Gasteiger partial charge in [-0.25, -0.2) is 4.79 Å². The summed E-state index contributed by atoms with van der Waals surface area (Å²) >= 11 is 0. The largest absolute Gasteiger partial charge is 0.481 e. The second-order valence-corrected chi connectivity index (χ2v) is 6.94. The molecule has 0 aliphatic heterocycles. The molecule has 0 aromatic carbocycles. The van der Waals surface area contributed by atoms with Gasteiger partial charge in [-0.05, 0) is 24.7 Å². The average Bonchev–Trinajstić information content (AvgIpc) is 2.55. The van der Waals surface area contributed by atoms with Gasteiger partial charge >= 0.3 is 11.9 Å². The number of carboxylic acids is 2. The van der Waals surface area contributed by atoms with Gasteiger partial charge in [0, 0.05) is 6.42 Å². The zero-order chi connectivity index (χ0) is 20.4. The van der Waals surface area contributed by atoms with Gasteiger partial charge in [0.1, 0.15) is 12.1 Å². The number of rotatable bonds is 12. The number of carboxylic acid groups (broad SMARTS) is 2. The van der Waals surface area contributed by atoms with E-state index in [1.54, 1.807) is 6.92 Å². The maximum absolute atomic E-state index is 12.5. The minimum absolute atomic E-state index is 0.0545. The number of carbonyl (C=O) groups is 4. The van der Waals surface area contributed by atoms with Gasteiger partial charge in [-0.3, -0.25) is 14.4 Å².